The third-order valence-electron chi connectivity index (χ3n) is 4.18. The first-order valence-electron chi connectivity index (χ1n) is 8.46. The topological polar surface area (TPSA) is 107 Å². The molecule has 1 heterocycles. The van der Waals surface area contributed by atoms with Crippen molar-refractivity contribution in [2.45, 2.75) is 13.0 Å². The Balaban J connectivity index is 1.72. The number of rotatable bonds is 5. The molecule has 1 atom stereocenters. The van der Waals surface area contributed by atoms with E-state index in [1.807, 2.05) is 0 Å². The van der Waals surface area contributed by atoms with Gasteiger partial charge in [0.1, 0.15) is 16.1 Å². The Morgan fingerprint density at radius 1 is 1.14 bits per heavy atom. The van der Waals surface area contributed by atoms with Crippen LogP contribution in [0.3, 0.4) is 0 Å². The van der Waals surface area contributed by atoms with Crippen LogP contribution in [-0.2, 0) is 9.59 Å². The lowest BCUT2D eigenvalue weighted by Crippen LogP contribution is -2.44. The van der Waals surface area contributed by atoms with Crippen LogP contribution in [-0.4, -0.2) is 43.3 Å². The van der Waals surface area contributed by atoms with Gasteiger partial charge in [-0.25, -0.2) is 4.79 Å². The van der Waals surface area contributed by atoms with Crippen molar-refractivity contribution >= 4 is 57.8 Å². The summed E-state index contributed by atoms with van der Waals surface area (Å²) < 4.78 is 0.268. The second-order valence-electron chi connectivity index (χ2n) is 6.19. The summed E-state index contributed by atoms with van der Waals surface area (Å²) in [6, 6.07) is 11.2. The van der Waals surface area contributed by atoms with E-state index in [4.69, 9.17) is 17.3 Å². The van der Waals surface area contributed by atoms with Crippen molar-refractivity contribution in [2.75, 3.05) is 5.32 Å². The van der Waals surface area contributed by atoms with E-state index in [0.717, 1.165) is 17.3 Å². The average Bonchev–Trinajstić information content (AvgIpc) is 2.96. The van der Waals surface area contributed by atoms with Crippen LogP contribution in [0.2, 0.25) is 0 Å². The lowest BCUT2D eigenvalue weighted by Gasteiger charge is -2.22. The molecule has 0 saturated carbocycles. The van der Waals surface area contributed by atoms with Crippen molar-refractivity contribution in [3.05, 3.63) is 64.6 Å². The minimum atomic E-state index is -1.06. The molecule has 2 aromatic rings. The Hall–Kier alpha value is -3.17. The van der Waals surface area contributed by atoms with Crippen molar-refractivity contribution < 1.29 is 24.6 Å². The summed E-state index contributed by atoms with van der Waals surface area (Å²) in [6.07, 6.45) is 1.65. The van der Waals surface area contributed by atoms with Crippen LogP contribution in [0.15, 0.2) is 53.4 Å². The fraction of sp³-hybridized carbons (Fsp3) is 0.100. The molecular weight excluding hydrogens is 412 g/mol. The molecule has 0 radical (unpaired) electrons. The summed E-state index contributed by atoms with van der Waals surface area (Å²) >= 11 is 6.38. The van der Waals surface area contributed by atoms with E-state index >= 15 is 0 Å². The largest absolute Gasteiger partial charge is 0.508 e. The fourth-order valence-electron chi connectivity index (χ4n) is 2.60. The maximum Gasteiger partial charge on any atom is 0.335 e. The Labute approximate surface area is 176 Å². The number of amides is 2. The Morgan fingerprint density at radius 3 is 2.34 bits per heavy atom. The molecule has 2 aromatic carbocycles. The molecule has 1 aliphatic rings. The summed E-state index contributed by atoms with van der Waals surface area (Å²) in [5.74, 6) is -1.77. The van der Waals surface area contributed by atoms with Gasteiger partial charge in [0.25, 0.3) is 5.91 Å². The molecule has 2 amide bonds. The number of thioether (sulfide) groups is 1. The average molecular weight is 428 g/mol. The zero-order valence-corrected chi connectivity index (χ0v) is 16.8. The van der Waals surface area contributed by atoms with E-state index in [1.54, 1.807) is 25.1 Å². The number of aromatic hydroxyl groups is 1. The Bertz CT molecular complexity index is 1020. The van der Waals surface area contributed by atoms with E-state index in [9.17, 15) is 19.5 Å². The lowest BCUT2D eigenvalue weighted by molar-refractivity contribution is -0.129. The molecule has 7 nitrogen and oxygen atoms in total. The van der Waals surface area contributed by atoms with E-state index in [0.29, 0.717) is 10.6 Å². The molecule has 9 heteroatoms. The van der Waals surface area contributed by atoms with Crippen LogP contribution >= 0.6 is 24.0 Å². The lowest BCUT2D eigenvalue weighted by atomic mass is 10.2. The number of carboxylic acids is 1. The molecule has 0 aliphatic carbocycles. The predicted molar refractivity (Wildman–Crippen MR) is 115 cm³/mol. The normalized spacial score (nSPS) is 16.2. The highest BCUT2D eigenvalue weighted by molar-refractivity contribution is 8.26. The first-order chi connectivity index (χ1) is 13.8. The maximum atomic E-state index is 12.8. The standard InChI is InChI=1S/C20H16N2O5S2/c1-11(17(24)21-14-6-4-13(5-7-14)19(26)27)22-18(25)16(29-20(22)28)10-12-2-8-15(23)9-3-12/h2-11,23H,1H3,(H,21,24)(H,26,27)/b16-10-. The van der Waals surface area contributed by atoms with Crippen LogP contribution < -0.4 is 5.32 Å². The van der Waals surface area contributed by atoms with Crippen LogP contribution in [0.5, 0.6) is 5.75 Å². The van der Waals surface area contributed by atoms with Gasteiger partial charge >= 0.3 is 5.97 Å². The van der Waals surface area contributed by atoms with E-state index in [-0.39, 0.29) is 21.5 Å². The van der Waals surface area contributed by atoms with Crippen molar-refractivity contribution in [3.63, 3.8) is 0 Å². The van der Waals surface area contributed by atoms with Gasteiger partial charge in [0.05, 0.1) is 10.5 Å². The zero-order valence-electron chi connectivity index (χ0n) is 15.2. The smallest absolute Gasteiger partial charge is 0.335 e. The van der Waals surface area contributed by atoms with Gasteiger partial charge in [-0.05, 0) is 55.0 Å². The van der Waals surface area contributed by atoms with Crippen LogP contribution in [0, 0.1) is 0 Å². The number of benzene rings is 2. The summed E-state index contributed by atoms with van der Waals surface area (Å²) in [4.78, 5) is 37.9. The van der Waals surface area contributed by atoms with Crippen LogP contribution in [0.25, 0.3) is 6.08 Å². The molecule has 1 fully saturated rings. The number of phenolic OH excluding ortho intramolecular Hbond substituents is 1. The minimum absolute atomic E-state index is 0.104. The van der Waals surface area contributed by atoms with Gasteiger partial charge in [-0.3, -0.25) is 14.5 Å². The number of thiocarbonyl (C=S) groups is 1. The third kappa shape index (κ3) is 4.64. The number of hydrogen-bond acceptors (Lipinski definition) is 6. The number of aromatic carboxylic acids is 1. The Kier molecular flexibility index (Phi) is 6.00. The highest BCUT2D eigenvalue weighted by Gasteiger charge is 2.38. The van der Waals surface area contributed by atoms with Gasteiger partial charge < -0.3 is 15.5 Å². The van der Waals surface area contributed by atoms with E-state index < -0.39 is 17.9 Å². The summed E-state index contributed by atoms with van der Waals surface area (Å²) in [5, 5.41) is 20.9. The fourth-order valence-corrected chi connectivity index (χ4v) is 4.01. The van der Waals surface area contributed by atoms with Crippen molar-refractivity contribution in [1.82, 2.24) is 4.90 Å². The summed E-state index contributed by atoms with van der Waals surface area (Å²) in [5.41, 5.74) is 1.24. The summed E-state index contributed by atoms with van der Waals surface area (Å²) in [7, 11) is 0. The molecule has 0 spiro atoms. The second kappa shape index (κ2) is 8.46. The van der Waals surface area contributed by atoms with E-state index in [1.165, 1.54) is 41.3 Å². The maximum absolute atomic E-state index is 12.8. The summed E-state index contributed by atoms with van der Waals surface area (Å²) in [6.45, 7) is 1.56. The third-order valence-corrected chi connectivity index (χ3v) is 5.51. The van der Waals surface area contributed by atoms with Crippen molar-refractivity contribution in [3.8, 4) is 5.75 Å². The van der Waals surface area contributed by atoms with Gasteiger partial charge in [-0.15, -0.1) is 0 Å². The van der Waals surface area contributed by atoms with Gasteiger partial charge in [-0.1, -0.05) is 36.1 Å². The second-order valence-corrected chi connectivity index (χ2v) is 7.87. The number of phenols is 1. The molecule has 1 saturated heterocycles. The molecule has 0 bridgehead atoms. The van der Waals surface area contributed by atoms with E-state index in [2.05, 4.69) is 5.32 Å². The number of carbonyl (C=O) groups excluding carboxylic acids is 2. The number of carbonyl (C=O) groups is 3. The van der Waals surface area contributed by atoms with Crippen molar-refractivity contribution in [1.29, 1.82) is 0 Å². The molecule has 148 valence electrons. The molecular formula is C20H16N2O5S2. The molecule has 1 unspecified atom stereocenters. The van der Waals surface area contributed by atoms with Gasteiger partial charge in [-0.2, -0.15) is 0 Å². The van der Waals surface area contributed by atoms with Crippen LogP contribution in [0.4, 0.5) is 5.69 Å². The first kappa shape index (κ1) is 20.6. The number of carboxylic acid groups (broad SMARTS) is 1. The van der Waals surface area contributed by atoms with Gasteiger partial charge in [0, 0.05) is 5.69 Å². The quantitative estimate of drug-likeness (QED) is 0.495. The molecule has 3 N–H and O–H groups in total. The SMILES string of the molecule is CC(C(=O)Nc1ccc(C(=O)O)cc1)N1C(=O)/C(=C/c2ccc(O)cc2)SC1=S. The van der Waals surface area contributed by atoms with Gasteiger partial charge in [0.15, 0.2) is 0 Å². The highest BCUT2D eigenvalue weighted by Crippen LogP contribution is 2.34. The highest BCUT2D eigenvalue weighted by atomic mass is 32.2. The number of nitrogens with one attached hydrogen (secondary N) is 1. The first-order valence-corrected chi connectivity index (χ1v) is 9.69. The molecule has 29 heavy (non-hydrogen) atoms. The van der Waals surface area contributed by atoms with Gasteiger partial charge in [0.2, 0.25) is 5.91 Å². The monoisotopic (exact) mass is 428 g/mol. The Morgan fingerprint density at radius 2 is 1.76 bits per heavy atom. The zero-order chi connectivity index (χ0) is 21.1. The molecule has 0 aromatic heterocycles. The van der Waals surface area contributed by atoms with Crippen LogP contribution in [0.1, 0.15) is 22.8 Å². The number of anilines is 1. The molecule has 1 aliphatic heterocycles. The molecule has 3 rings (SSSR count). The number of hydrogen-bond donors (Lipinski definition) is 3. The van der Waals surface area contributed by atoms with Crippen molar-refractivity contribution in [2.24, 2.45) is 0 Å². The minimum Gasteiger partial charge on any atom is -0.508 e. The number of nitrogens with zero attached hydrogens (tertiary/aromatic N) is 1. The predicted octanol–water partition coefficient (Wildman–Crippen LogP) is 3.32.